The predicted octanol–water partition coefficient (Wildman–Crippen LogP) is 3.50. The summed E-state index contributed by atoms with van der Waals surface area (Å²) in [4.78, 5) is 14.9. The molecular formula is C18H20INO3. The number of fused-ring (bicyclic) bond motifs is 1. The Balaban J connectivity index is 1.74. The molecule has 23 heavy (non-hydrogen) atoms. The number of rotatable bonds is 3. The molecule has 0 N–H and O–H groups in total. The maximum atomic E-state index is 12.5. The number of ether oxygens (including phenoxy) is 1. The van der Waals surface area contributed by atoms with E-state index in [1.54, 1.807) is 6.26 Å². The van der Waals surface area contributed by atoms with Gasteiger partial charge in [-0.05, 0) is 65.5 Å². The Hall–Kier alpha value is -0.920. The molecule has 2 aliphatic rings. The van der Waals surface area contributed by atoms with E-state index >= 15 is 0 Å². The second-order valence-electron chi connectivity index (χ2n) is 6.67. The van der Waals surface area contributed by atoms with Gasteiger partial charge >= 0.3 is 0 Å². The molecule has 1 aliphatic carbocycles. The lowest BCUT2D eigenvalue weighted by molar-refractivity contribution is -0.0212. The smallest absolute Gasteiger partial charge is 0.206 e. The lowest BCUT2D eigenvalue weighted by Gasteiger charge is -2.31. The molecule has 1 saturated heterocycles. The summed E-state index contributed by atoms with van der Waals surface area (Å²) in [5, 5.41) is 0.734. The lowest BCUT2D eigenvalue weighted by Crippen LogP contribution is -2.40. The van der Waals surface area contributed by atoms with Crippen LogP contribution >= 0.6 is 22.6 Å². The second kappa shape index (κ2) is 6.18. The molecule has 1 saturated carbocycles. The molecule has 1 atom stereocenters. The number of hydrogen-bond donors (Lipinski definition) is 0. The van der Waals surface area contributed by atoms with Crippen LogP contribution in [0, 0.1) is 3.57 Å². The van der Waals surface area contributed by atoms with Crippen LogP contribution in [0.1, 0.15) is 36.8 Å². The molecule has 0 amide bonds. The summed E-state index contributed by atoms with van der Waals surface area (Å²) in [7, 11) is 0. The number of morpholine rings is 1. The van der Waals surface area contributed by atoms with Gasteiger partial charge in [0, 0.05) is 19.6 Å². The molecule has 5 heteroatoms. The van der Waals surface area contributed by atoms with Crippen LogP contribution < -0.4 is 5.43 Å². The van der Waals surface area contributed by atoms with Gasteiger partial charge in [0.1, 0.15) is 11.8 Å². The van der Waals surface area contributed by atoms with Crippen LogP contribution in [0.3, 0.4) is 0 Å². The monoisotopic (exact) mass is 425 g/mol. The molecule has 122 valence electrons. The minimum atomic E-state index is 0.0888. The quantitative estimate of drug-likeness (QED) is 0.707. The third kappa shape index (κ3) is 3.19. The molecule has 2 aromatic rings. The average molecular weight is 425 g/mol. The molecule has 0 spiro atoms. The van der Waals surface area contributed by atoms with Gasteiger partial charge in [0.15, 0.2) is 0 Å². The number of halogens is 1. The molecule has 1 aliphatic heterocycles. The minimum absolute atomic E-state index is 0.0888. The van der Waals surface area contributed by atoms with Crippen molar-refractivity contribution in [1.82, 2.24) is 4.90 Å². The summed E-state index contributed by atoms with van der Waals surface area (Å²) in [6.07, 6.45) is 4.25. The van der Waals surface area contributed by atoms with Crippen molar-refractivity contribution in [3.63, 3.8) is 0 Å². The summed E-state index contributed by atoms with van der Waals surface area (Å²) in [5.41, 5.74) is 3.30. The van der Waals surface area contributed by atoms with E-state index in [2.05, 4.69) is 40.5 Å². The van der Waals surface area contributed by atoms with Gasteiger partial charge in [-0.1, -0.05) is 6.07 Å². The summed E-state index contributed by atoms with van der Waals surface area (Å²) >= 11 is 2.05. The van der Waals surface area contributed by atoms with Crippen LogP contribution in [0.15, 0.2) is 27.6 Å². The SMILES string of the molecule is C[C@@H]1CN(Cc2cc(C3CC3)c3occ(I)c(=O)c3c2)CCO1. The Labute approximate surface area is 148 Å². The highest BCUT2D eigenvalue weighted by atomic mass is 127. The van der Waals surface area contributed by atoms with Crippen molar-refractivity contribution >= 4 is 33.6 Å². The van der Waals surface area contributed by atoms with Crippen molar-refractivity contribution in [2.45, 2.75) is 38.3 Å². The zero-order valence-corrected chi connectivity index (χ0v) is 15.3. The lowest BCUT2D eigenvalue weighted by atomic mass is 10.0. The summed E-state index contributed by atoms with van der Waals surface area (Å²) in [6, 6.07) is 4.27. The van der Waals surface area contributed by atoms with Gasteiger partial charge in [-0.15, -0.1) is 0 Å². The van der Waals surface area contributed by atoms with E-state index in [0.29, 0.717) is 9.49 Å². The fraction of sp³-hybridized carbons (Fsp3) is 0.500. The zero-order chi connectivity index (χ0) is 16.0. The topological polar surface area (TPSA) is 42.7 Å². The first kappa shape index (κ1) is 15.6. The number of benzene rings is 1. The van der Waals surface area contributed by atoms with Crippen molar-refractivity contribution < 1.29 is 9.15 Å². The van der Waals surface area contributed by atoms with Gasteiger partial charge in [0.25, 0.3) is 0 Å². The Bertz CT molecular complexity index is 797. The van der Waals surface area contributed by atoms with Crippen molar-refractivity contribution in [3.8, 4) is 0 Å². The first-order valence-corrected chi connectivity index (χ1v) is 9.27. The van der Waals surface area contributed by atoms with E-state index in [1.807, 2.05) is 6.07 Å². The first-order valence-electron chi connectivity index (χ1n) is 8.19. The summed E-state index contributed by atoms with van der Waals surface area (Å²) in [6.45, 7) is 5.65. The standard InChI is InChI=1S/C18H20INO3/c1-11-8-20(4-5-22-11)9-12-6-14(13-2-3-13)18-15(7-12)17(21)16(19)10-23-18/h6-7,10-11,13H,2-5,8-9H2,1H3/t11-/m1/s1. The fourth-order valence-electron chi connectivity index (χ4n) is 3.39. The predicted molar refractivity (Wildman–Crippen MR) is 97.9 cm³/mol. The van der Waals surface area contributed by atoms with Gasteiger partial charge < -0.3 is 9.15 Å². The summed E-state index contributed by atoms with van der Waals surface area (Å²) < 4.78 is 12.0. The number of nitrogens with zero attached hydrogens (tertiary/aromatic N) is 1. The van der Waals surface area contributed by atoms with Crippen LogP contribution in [0.4, 0.5) is 0 Å². The van der Waals surface area contributed by atoms with E-state index in [0.717, 1.165) is 37.2 Å². The molecule has 0 radical (unpaired) electrons. The molecule has 1 aromatic heterocycles. The zero-order valence-electron chi connectivity index (χ0n) is 13.2. The molecule has 1 aromatic carbocycles. The maximum absolute atomic E-state index is 12.5. The van der Waals surface area contributed by atoms with E-state index in [-0.39, 0.29) is 11.5 Å². The van der Waals surface area contributed by atoms with Crippen molar-refractivity contribution in [3.05, 3.63) is 43.3 Å². The Morgan fingerprint density at radius 1 is 1.35 bits per heavy atom. The van der Waals surface area contributed by atoms with Gasteiger partial charge in [-0.25, -0.2) is 0 Å². The highest BCUT2D eigenvalue weighted by molar-refractivity contribution is 14.1. The van der Waals surface area contributed by atoms with E-state index in [4.69, 9.17) is 9.15 Å². The Morgan fingerprint density at radius 2 is 2.17 bits per heavy atom. The first-order chi connectivity index (χ1) is 11.1. The van der Waals surface area contributed by atoms with Crippen molar-refractivity contribution in [2.75, 3.05) is 19.7 Å². The molecule has 2 fully saturated rings. The van der Waals surface area contributed by atoms with Crippen molar-refractivity contribution in [1.29, 1.82) is 0 Å². The highest BCUT2D eigenvalue weighted by Crippen LogP contribution is 2.43. The molecule has 0 bridgehead atoms. The van der Waals surface area contributed by atoms with Gasteiger partial charge in [0.2, 0.25) is 5.43 Å². The Kier molecular flexibility index (Phi) is 4.19. The molecule has 2 heterocycles. The molecule has 4 nitrogen and oxygen atoms in total. The van der Waals surface area contributed by atoms with E-state index < -0.39 is 0 Å². The third-order valence-corrected chi connectivity index (χ3v) is 5.41. The molecule has 4 rings (SSSR count). The third-order valence-electron chi connectivity index (χ3n) is 4.67. The van der Waals surface area contributed by atoms with E-state index in [9.17, 15) is 4.79 Å². The van der Waals surface area contributed by atoms with Crippen LogP contribution in [-0.2, 0) is 11.3 Å². The Morgan fingerprint density at radius 3 is 2.91 bits per heavy atom. The van der Waals surface area contributed by atoms with Crippen LogP contribution in [0.2, 0.25) is 0 Å². The molecule has 0 unspecified atom stereocenters. The van der Waals surface area contributed by atoms with E-state index in [1.165, 1.54) is 24.0 Å². The molecular weight excluding hydrogens is 405 g/mol. The average Bonchev–Trinajstić information content (AvgIpc) is 3.35. The van der Waals surface area contributed by atoms with Crippen molar-refractivity contribution in [2.24, 2.45) is 0 Å². The van der Waals surface area contributed by atoms with Gasteiger partial charge in [-0.2, -0.15) is 0 Å². The highest BCUT2D eigenvalue weighted by Gasteiger charge is 2.28. The number of hydrogen-bond acceptors (Lipinski definition) is 4. The van der Waals surface area contributed by atoms with Crippen LogP contribution in [-0.4, -0.2) is 30.7 Å². The minimum Gasteiger partial charge on any atom is -0.463 e. The summed E-state index contributed by atoms with van der Waals surface area (Å²) in [5.74, 6) is 0.560. The van der Waals surface area contributed by atoms with Gasteiger partial charge in [-0.3, -0.25) is 9.69 Å². The fourth-order valence-corrected chi connectivity index (χ4v) is 3.81. The van der Waals surface area contributed by atoms with Crippen LogP contribution in [0.5, 0.6) is 0 Å². The second-order valence-corrected chi connectivity index (χ2v) is 7.83. The normalized spacial score (nSPS) is 22.6. The maximum Gasteiger partial charge on any atom is 0.206 e. The van der Waals surface area contributed by atoms with Gasteiger partial charge in [0.05, 0.1) is 21.7 Å². The largest absolute Gasteiger partial charge is 0.463 e. The van der Waals surface area contributed by atoms with Crippen LogP contribution in [0.25, 0.3) is 11.0 Å².